The maximum Gasteiger partial charge on any atom is 0.253 e. The van der Waals surface area contributed by atoms with Gasteiger partial charge < -0.3 is 14.2 Å². The summed E-state index contributed by atoms with van der Waals surface area (Å²) in [4.78, 5) is 19.5. The Morgan fingerprint density at radius 3 is 2.61 bits per heavy atom. The predicted octanol–water partition coefficient (Wildman–Crippen LogP) is 2.44. The van der Waals surface area contributed by atoms with Gasteiger partial charge in [0.1, 0.15) is 5.82 Å². The summed E-state index contributed by atoms with van der Waals surface area (Å²) in [7, 11) is 3.61. The molecule has 1 aliphatic heterocycles. The van der Waals surface area contributed by atoms with E-state index in [0.717, 1.165) is 41.3 Å². The van der Waals surface area contributed by atoms with Crippen LogP contribution in [0.15, 0.2) is 36.7 Å². The SMILES string of the molecule is COCc1ccc(C(=O)N2CCc3ncc(-c4c(C)cnn4C)n3CC2)cc1. The van der Waals surface area contributed by atoms with Crippen molar-refractivity contribution < 1.29 is 9.53 Å². The number of carbonyl (C=O) groups is 1. The van der Waals surface area contributed by atoms with E-state index in [1.807, 2.05) is 53.3 Å². The molecular weight excluding hydrogens is 354 g/mol. The van der Waals surface area contributed by atoms with E-state index in [1.54, 1.807) is 7.11 Å². The number of nitrogens with zero attached hydrogens (tertiary/aromatic N) is 5. The van der Waals surface area contributed by atoms with E-state index in [9.17, 15) is 4.79 Å². The molecule has 0 atom stereocenters. The second kappa shape index (κ2) is 7.59. The molecule has 3 heterocycles. The summed E-state index contributed by atoms with van der Waals surface area (Å²) in [5, 5.41) is 4.35. The smallest absolute Gasteiger partial charge is 0.253 e. The molecule has 0 bridgehead atoms. The lowest BCUT2D eigenvalue weighted by atomic mass is 10.1. The van der Waals surface area contributed by atoms with Crippen molar-refractivity contribution in [3.63, 3.8) is 0 Å². The third-order valence-electron chi connectivity index (χ3n) is 5.30. The Morgan fingerprint density at radius 1 is 1.14 bits per heavy atom. The van der Waals surface area contributed by atoms with Crippen molar-refractivity contribution in [2.45, 2.75) is 26.5 Å². The number of fused-ring (bicyclic) bond motifs is 1. The molecule has 4 rings (SSSR count). The Morgan fingerprint density at radius 2 is 1.93 bits per heavy atom. The number of benzene rings is 1. The van der Waals surface area contributed by atoms with E-state index >= 15 is 0 Å². The van der Waals surface area contributed by atoms with Gasteiger partial charge in [-0.3, -0.25) is 9.48 Å². The zero-order valence-electron chi connectivity index (χ0n) is 16.6. The van der Waals surface area contributed by atoms with Crippen LogP contribution in [0.1, 0.15) is 27.3 Å². The summed E-state index contributed by atoms with van der Waals surface area (Å²) in [6.45, 7) is 4.66. The van der Waals surface area contributed by atoms with Crippen LogP contribution in [0.5, 0.6) is 0 Å². The predicted molar refractivity (Wildman–Crippen MR) is 106 cm³/mol. The highest BCUT2D eigenvalue weighted by atomic mass is 16.5. The molecular formula is C21H25N5O2. The minimum absolute atomic E-state index is 0.0629. The molecule has 0 unspecified atom stereocenters. The standard InChI is InChI=1S/C21H25N5O2/c1-15-12-23-24(2)20(15)18-13-22-19-8-9-25(10-11-26(18)19)21(27)17-6-4-16(5-7-17)14-28-3/h4-7,12-13H,8-11,14H2,1-3H3. The summed E-state index contributed by atoms with van der Waals surface area (Å²) in [6, 6.07) is 7.65. The monoisotopic (exact) mass is 379 g/mol. The number of rotatable bonds is 4. The zero-order valence-corrected chi connectivity index (χ0v) is 16.6. The summed E-state index contributed by atoms with van der Waals surface area (Å²) < 4.78 is 9.24. The molecule has 0 fully saturated rings. The van der Waals surface area contributed by atoms with Crippen LogP contribution in [-0.2, 0) is 31.4 Å². The third kappa shape index (κ3) is 3.33. The molecule has 28 heavy (non-hydrogen) atoms. The molecule has 0 saturated carbocycles. The zero-order chi connectivity index (χ0) is 19.7. The Balaban J connectivity index is 1.53. The number of hydrogen-bond acceptors (Lipinski definition) is 4. The fraction of sp³-hybridized carbons (Fsp3) is 0.381. The van der Waals surface area contributed by atoms with E-state index in [4.69, 9.17) is 4.74 Å². The summed E-state index contributed by atoms with van der Waals surface area (Å²) in [6.07, 6.45) is 4.53. The van der Waals surface area contributed by atoms with Crippen LogP contribution in [0, 0.1) is 6.92 Å². The minimum Gasteiger partial charge on any atom is -0.380 e. The van der Waals surface area contributed by atoms with Gasteiger partial charge in [-0.2, -0.15) is 5.10 Å². The van der Waals surface area contributed by atoms with Gasteiger partial charge in [0, 0.05) is 45.8 Å². The molecule has 1 aromatic carbocycles. The van der Waals surface area contributed by atoms with Gasteiger partial charge >= 0.3 is 0 Å². The normalized spacial score (nSPS) is 14.0. The van der Waals surface area contributed by atoms with Gasteiger partial charge in [0.2, 0.25) is 0 Å². The number of ether oxygens (including phenoxy) is 1. The first-order chi connectivity index (χ1) is 13.6. The first-order valence-electron chi connectivity index (χ1n) is 9.49. The minimum atomic E-state index is 0.0629. The van der Waals surface area contributed by atoms with Crippen LogP contribution in [0.4, 0.5) is 0 Å². The largest absolute Gasteiger partial charge is 0.380 e. The van der Waals surface area contributed by atoms with Crippen molar-refractivity contribution in [1.29, 1.82) is 0 Å². The Kier molecular flexibility index (Phi) is 5.00. The van der Waals surface area contributed by atoms with Crippen molar-refractivity contribution in [2.24, 2.45) is 7.05 Å². The van der Waals surface area contributed by atoms with Crippen LogP contribution in [0.2, 0.25) is 0 Å². The molecule has 7 nitrogen and oxygen atoms in total. The molecule has 0 spiro atoms. The number of imidazole rings is 1. The summed E-state index contributed by atoms with van der Waals surface area (Å²) >= 11 is 0. The number of aryl methyl sites for hydroxylation is 2. The van der Waals surface area contributed by atoms with Crippen LogP contribution in [0.3, 0.4) is 0 Å². The molecule has 1 aliphatic rings. The van der Waals surface area contributed by atoms with Gasteiger partial charge in [-0.15, -0.1) is 0 Å². The van der Waals surface area contributed by atoms with Crippen molar-refractivity contribution in [3.05, 3.63) is 59.2 Å². The van der Waals surface area contributed by atoms with Crippen LogP contribution >= 0.6 is 0 Å². The number of aromatic nitrogens is 4. The quantitative estimate of drug-likeness (QED) is 0.698. The maximum absolute atomic E-state index is 13.0. The Hall–Kier alpha value is -2.93. The van der Waals surface area contributed by atoms with Gasteiger partial charge in [-0.05, 0) is 30.2 Å². The topological polar surface area (TPSA) is 65.2 Å². The second-order valence-corrected chi connectivity index (χ2v) is 7.18. The number of hydrogen-bond donors (Lipinski definition) is 0. The van der Waals surface area contributed by atoms with E-state index in [2.05, 4.69) is 21.6 Å². The lowest BCUT2D eigenvalue weighted by molar-refractivity contribution is 0.0759. The van der Waals surface area contributed by atoms with Gasteiger partial charge in [-0.25, -0.2) is 4.98 Å². The first-order valence-corrected chi connectivity index (χ1v) is 9.49. The van der Waals surface area contributed by atoms with Crippen molar-refractivity contribution in [3.8, 4) is 11.4 Å². The van der Waals surface area contributed by atoms with Gasteiger partial charge in [-0.1, -0.05) is 12.1 Å². The molecule has 0 aliphatic carbocycles. The highest BCUT2D eigenvalue weighted by Gasteiger charge is 2.23. The van der Waals surface area contributed by atoms with Gasteiger partial charge in [0.05, 0.1) is 30.4 Å². The van der Waals surface area contributed by atoms with Crippen LogP contribution < -0.4 is 0 Å². The number of amides is 1. The third-order valence-corrected chi connectivity index (χ3v) is 5.30. The molecule has 1 amide bonds. The molecule has 146 valence electrons. The lowest BCUT2D eigenvalue weighted by Gasteiger charge is -2.20. The molecule has 0 saturated heterocycles. The van der Waals surface area contributed by atoms with E-state index in [0.29, 0.717) is 25.3 Å². The Bertz CT molecular complexity index is 967. The number of methoxy groups -OCH3 is 1. The number of carbonyl (C=O) groups excluding carboxylic acids is 1. The van der Waals surface area contributed by atoms with Crippen molar-refractivity contribution >= 4 is 5.91 Å². The fourth-order valence-electron chi connectivity index (χ4n) is 3.83. The first kappa shape index (κ1) is 18.4. The molecule has 0 radical (unpaired) electrons. The highest BCUT2D eigenvalue weighted by Crippen LogP contribution is 2.25. The molecule has 0 N–H and O–H groups in total. The van der Waals surface area contributed by atoms with E-state index in [-0.39, 0.29) is 5.91 Å². The second-order valence-electron chi connectivity index (χ2n) is 7.18. The molecule has 7 heteroatoms. The van der Waals surface area contributed by atoms with E-state index in [1.165, 1.54) is 0 Å². The van der Waals surface area contributed by atoms with Crippen molar-refractivity contribution in [2.75, 3.05) is 20.2 Å². The Labute approximate surface area is 164 Å². The van der Waals surface area contributed by atoms with Gasteiger partial charge in [0.15, 0.2) is 0 Å². The van der Waals surface area contributed by atoms with Crippen molar-refractivity contribution in [1.82, 2.24) is 24.2 Å². The molecule has 2 aromatic heterocycles. The summed E-state index contributed by atoms with van der Waals surface area (Å²) in [5.41, 5.74) is 5.03. The fourth-order valence-corrected chi connectivity index (χ4v) is 3.83. The van der Waals surface area contributed by atoms with Crippen LogP contribution in [-0.4, -0.2) is 50.3 Å². The maximum atomic E-state index is 13.0. The lowest BCUT2D eigenvalue weighted by Crippen LogP contribution is -2.33. The highest BCUT2D eigenvalue weighted by molar-refractivity contribution is 5.94. The average Bonchev–Trinajstić information content (AvgIpc) is 3.16. The average molecular weight is 379 g/mol. The molecule has 3 aromatic rings. The van der Waals surface area contributed by atoms with E-state index < -0.39 is 0 Å². The van der Waals surface area contributed by atoms with Gasteiger partial charge in [0.25, 0.3) is 5.91 Å². The summed E-state index contributed by atoms with van der Waals surface area (Å²) in [5.74, 6) is 1.08. The van der Waals surface area contributed by atoms with Crippen LogP contribution in [0.25, 0.3) is 11.4 Å².